The van der Waals surface area contributed by atoms with Gasteiger partial charge in [-0.1, -0.05) is 51.1 Å². The third kappa shape index (κ3) is 4.12. The average molecular weight is 257 g/mol. The SMILES string of the molecule is CCCCCCC(C)c1cc(Cl)c(O)cc1O. The van der Waals surface area contributed by atoms with Gasteiger partial charge < -0.3 is 10.2 Å². The van der Waals surface area contributed by atoms with E-state index in [9.17, 15) is 10.2 Å². The number of phenols is 2. The van der Waals surface area contributed by atoms with E-state index in [0.29, 0.717) is 5.02 Å². The molecule has 0 saturated carbocycles. The van der Waals surface area contributed by atoms with Crippen LogP contribution < -0.4 is 0 Å². The van der Waals surface area contributed by atoms with Crippen molar-refractivity contribution in [2.24, 2.45) is 0 Å². The van der Waals surface area contributed by atoms with Crippen molar-refractivity contribution in [1.82, 2.24) is 0 Å². The fourth-order valence-corrected chi connectivity index (χ4v) is 2.17. The summed E-state index contributed by atoms with van der Waals surface area (Å²) in [6.07, 6.45) is 5.91. The zero-order valence-electron chi connectivity index (χ0n) is 10.5. The molecule has 0 aliphatic heterocycles. The van der Waals surface area contributed by atoms with Crippen LogP contribution in [0, 0.1) is 0 Å². The van der Waals surface area contributed by atoms with Gasteiger partial charge in [0.25, 0.3) is 0 Å². The summed E-state index contributed by atoms with van der Waals surface area (Å²) >= 11 is 5.85. The highest BCUT2D eigenvalue weighted by atomic mass is 35.5. The first-order valence-electron chi connectivity index (χ1n) is 6.27. The molecule has 0 radical (unpaired) electrons. The van der Waals surface area contributed by atoms with Gasteiger partial charge in [-0.2, -0.15) is 0 Å². The molecule has 0 spiro atoms. The van der Waals surface area contributed by atoms with E-state index in [1.165, 1.54) is 25.3 Å². The maximum Gasteiger partial charge on any atom is 0.137 e. The zero-order valence-corrected chi connectivity index (χ0v) is 11.3. The summed E-state index contributed by atoms with van der Waals surface area (Å²) in [6, 6.07) is 2.98. The van der Waals surface area contributed by atoms with Gasteiger partial charge in [0.15, 0.2) is 0 Å². The minimum Gasteiger partial charge on any atom is -0.508 e. The Bertz CT molecular complexity index is 363. The van der Waals surface area contributed by atoms with Crippen LogP contribution in [0.15, 0.2) is 12.1 Å². The lowest BCUT2D eigenvalue weighted by molar-refractivity contribution is 0.439. The minimum absolute atomic E-state index is 0.0638. The van der Waals surface area contributed by atoms with Gasteiger partial charge >= 0.3 is 0 Å². The molecule has 0 heterocycles. The molecule has 1 aromatic rings. The van der Waals surface area contributed by atoms with Gasteiger partial charge in [-0.05, 0) is 24.0 Å². The smallest absolute Gasteiger partial charge is 0.137 e. The summed E-state index contributed by atoms with van der Waals surface area (Å²) in [5.74, 6) is 0.339. The van der Waals surface area contributed by atoms with Crippen molar-refractivity contribution in [3.8, 4) is 11.5 Å². The normalized spacial score (nSPS) is 12.6. The molecule has 0 aliphatic carbocycles. The third-order valence-electron chi connectivity index (χ3n) is 3.12. The lowest BCUT2D eigenvalue weighted by atomic mass is 9.94. The maximum absolute atomic E-state index is 9.77. The van der Waals surface area contributed by atoms with Crippen LogP contribution in [0.5, 0.6) is 11.5 Å². The number of phenolic OH excluding ortho intramolecular Hbond substituents is 2. The Labute approximate surface area is 108 Å². The molecule has 0 fully saturated rings. The van der Waals surface area contributed by atoms with Gasteiger partial charge in [0.2, 0.25) is 0 Å². The Morgan fingerprint density at radius 1 is 1.12 bits per heavy atom. The molecule has 1 aromatic carbocycles. The van der Waals surface area contributed by atoms with Gasteiger partial charge in [0.1, 0.15) is 11.5 Å². The number of hydrogen-bond donors (Lipinski definition) is 2. The Hall–Kier alpha value is -0.890. The fraction of sp³-hybridized carbons (Fsp3) is 0.571. The molecule has 3 heteroatoms. The minimum atomic E-state index is -0.0638. The van der Waals surface area contributed by atoms with E-state index in [-0.39, 0.29) is 17.4 Å². The van der Waals surface area contributed by atoms with E-state index < -0.39 is 0 Å². The van der Waals surface area contributed by atoms with E-state index >= 15 is 0 Å². The Balaban J connectivity index is 2.62. The van der Waals surface area contributed by atoms with Crippen LogP contribution in [-0.2, 0) is 0 Å². The summed E-state index contributed by atoms with van der Waals surface area (Å²) in [4.78, 5) is 0. The second-order valence-corrected chi connectivity index (χ2v) is 5.02. The Morgan fingerprint density at radius 3 is 2.47 bits per heavy atom. The van der Waals surface area contributed by atoms with Crippen molar-refractivity contribution in [3.63, 3.8) is 0 Å². The second kappa shape index (κ2) is 6.75. The van der Waals surface area contributed by atoms with Crippen molar-refractivity contribution >= 4 is 11.6 Å². The molecule has 0 aromatic heterocycles. The quantitative estimate of drug-likeness (QED) is 0.716. The first-order valence-corrected chi connectivity index (χ1v) is 6.65. The number of rotatable bonds is 6. The summed E-state index contributed by atoms with van der Waals surface area (Å²) in [7, 11) is 0. The molecule has 0 aliphatic rings. The number of aromatic hydroxyl groups is 2. The fourth-order valence-electron chi connectivity index (χ4n) is 1.99. The largest absolute Gasteiger partial charge is 0.508 e. The summed E-state index contributed by atoms with van der Waals surface area (Å²) in [6.45, 7) is 4.27. The molecule has 0 amide bonds. The molecule has 2 nitrogen and oxygen atoms in total. The molecule has 2 N–H and O–H groups in total. The third-order valence-corrected chi connectivity index (χ3v) is 3.42. The standard InChI is InChI=1S/C14H21ClO2/c1-3-4-5-6-7-10(2)11-8-12(15)14(17)9-13(11)16/h8-10,16-17H,3-7H2,1-2H3. The molecule has 0 bridgehead atoms. The van der Waals surface area contributed by atoms with Gasteiger partial charge in [-0.25, -0.2) is 0 Å². The number of hydrogen-bond acceptors (Lipinski definition) is 2. The van der Waals surface area contributed by atoms with Crippen LogP contribution in [0.25, 0.3) is 0 Å². The molecular formula is C14H21ClO2. The van der Waals surface area contributed by atoms with Crippen LogP contribution in [-0.4, -0.2) is 10.2 Å². The van der Waals surface area contributed by atoms with Gasteiger partial charge in [-0.3, -0.25) is 0 Å². The number of halogens is 1. The highest BCUT2D eigenvalue weighted by molar-refractivity contribution is 6.32. The molecule has 1 unspecified atom stereocenters. The second-order valence-electron chi connectivity index (χ2n) is 4.61. The maximum atomic E-state index is 9.77. The van der Waals surface area contributed by atoms with E-state index in [2.05, 4.69) is 13.8 Å². The van der Waals surface area contributed by atoms with Crippen LogP contribution >= 0.6 is 11.6 Å². The van der Waals surface area contributed by atoms with Crippen LogP contribution in [0.3, 0.4) is 0 Å². The number of unbranched alkanes of at least 4 members (excludes halogenated alkanes) is 3. The molecule has 1 atom stereocenters. The lowest BCUT2D eigenvalue weighted by Crippen LogP contribution is -1.95. The van der Waals surface area contributed by atoms with Gasteiger partial charge in [0.05, 0.1) is 5.02 Å². The van der Waals surface area contributed by atoms with Crippen molar-refractivity contribution in [1.29, 1.82) is 0 Å². The van der Waals surface area contributed by atoms with Crippen LogP contribution in [0.1, 0.15) is 57.4 Å². The topological polar surface area (TPSA) is 40.5 Å². The predicted molar refractivity (Wildman–Crippen MR) is 72.0 cm³/mol. The molecule has 96 valence electrons. The monoisotopic (exact) mass is 256 g/mol. The zero-order chi connectivity index (χ0) is 12.8. The Kier molecular flexibility index (Phi) is 5.63. The van der Waals surface area contributed by atoms with Gasteiger partial charge in [0, 0.05) is 6.07 Å². The summed E-state index contributed by atoms with van der Waals surface area (Å²) in [5.41, 5.74) is 0.823. The average Bonchev–Trinajstić information content (AvgIpc) is 2.29. The highest BCUT2D eigenvalue weighted by Crippen LogP contribution is 2.36. The van der Waals surface area contributed by atoms with Crippen molar-refractivity contribution in [3.05, 3.63) is 22.7 Å². The van der Waals surface area contributed by atoms with Crippen LogP contribution in [0.2, 0.25) is 5.02 Å². The predicted octanol–water partition coefficient (Wildman–Crippen LogP) is 4.83. The summed E-state index contributed by atoms with van der Waals surface area (Å²) in [5, 5.41) is 19.4. The molecule has 1 rings (SSSR count). The highest BCUT2D eigenvalue weighted by Gasteiger charge is 2.13. The molecular weight excluding hydrogens is 236 g/mol. The molecule has 0 saturated heterocycles. The van der Waals surface area contributed by atoms with Crippen molar-refractivity contribution < 1.29 is 10.2 Å². The number of benzene rings is 1. The first-order chi connectivity index (χ1) is 8.06. The van der Waals surface area contributed by atoms with Crippen molar-refractivity contribution in [2.45, 2.75) is 51.9 Å². The molecule has 17 heavy (non-hydrogen) atoms. The van der Waals surface area contributed by atoms with E-state index in [1.807, 2.05) is 0 Å². The van der Waals surface area contributed by atoms with E-state index in [1.54, 1.807) is 6.07 Å². The first kappa shape index (κ1) is 14.2. The van der Waals surface area contributed by atoms with E-state index in [0.717, 1.165) is 18.4 Å². The van der Waals surface area contributed by atoms with Crippen molar-refractivity contribution in [2.75, 3.05) is 0 Å². The Morgan fingerprint density at radius 2 is 1.82 bits per heavy atom. The summed E-state index contributed by atoms with van der Waals surface area (Å²) < 4.78 is 0. The van der Waals surface area contributed by atoms with Crippen LogP contribution in [0.4, 0.5) is 0 Å². The van der Waals surface area contributed by atoms with E-state index in [4.69, 9.17) is 11.6 Å². The lowest BCUT2D eigenvalue weighted by Gasteiger charge is -2.14. The van der Waals surface area contributed by atoms with Gasteiger partial charge in [-0.15, -0.1) is 0 Å².